The van der Waals surface area contributed by atoms with Crippen molar-refractivity contribution < 1.29 is 13.2 Å². The minimum Gasteiger partial charge on any atom is -0.354 e. The van der Waals surface area contributed by atoms with Crippen LogP contribution >= 0.6 is 0 Å². The zero-order chi connectivity index (χ0) is 15.6. The van der Waals surface area contributed by atoms with Crippen LogP contribution in [0.1, 0.15) is 23.2 Å². The Labute approximate surface area is 126 Å². The number of benzene rings is 1. The lowest BCUT2D eigenvalue weighted by molar-refractivity contribution is -0.141. The highest BCUT2D eigenvalue weighted by Gasteiger charge is 2.32. The summed E-state index contributed by atoms with van der Waals surface area (Å²) in [6.07, 6.45) is -0.368. The van der Waals surface area contributed by atoms with Gasteiger partial charge in [0.1, 0.15) is 5.69 Å². The molecule has 0 aliphatic heterocycles. The summed E-state index contributed by atoms with van der Waals surface area (Å²) in [7, 11) is 0. The van der Waals surface area contributed by atoms with E-state index in [-0.39, 0.29) is 5.95 Å². The van der Waals surface area contributed by atoms with Gasteiger partial charge in [-0.2, -0.15) is 13.2 Å². The molecule has 0 saturated carbocycles. The number of hydrogen-bond donors (Lipinski definition) is 1. The number of fused-ring (bicyclic) bond motifs is 1. The molecule has 1 aliphatic carbocycles. The van der Waals surface area contributed by atoms with Crippen molar-refractivity contribution in [3.8, 4) is 0 Å². The van der Waals surface area contributed by atoms with Crippen LogP contribution in [-0.4, -0.2) is 16.5 Å². The lowest BCUT2D eigenvalue weighted by Gasteiger charge is -2.11. The molecule has 1 N–H and O–H groups in total. The monoisotopic (exact) mass is 307 g/mol. The third-order valence-corrected chi connectivity index (χ3v) is 3.92. The summed E-state index contributed by atoms with van der Waals surface area (Å²) in [5, 5.41) is 2.89. The van der Waals surface area contributed by atoms with Crippen LogP contribution in [0.2, 0.25) is 0 Å². The summed E-state index contributed by atoms with van der Waals surface area (Å²) in [6.45, 7) is 0.569. The van der Waals surface area contributed by atoms with Gasteiger partial charge in [-0.15, -0.1) is 0 Å². The highest BCUT2D eigenvalue weighted by atomic mass is 19.4. The highest BCUT2D eigenvalue weighted by Crippen LogP contribution is 2.29. The molecule has 0 unspecified atom stereocenters. The van der Waals surface area contributed by atoms with Crippen LogP contribution in [0.4, 0.5) is 19.1 Å². The van der Waals surface area contributed by atoms with E-state index in [0.29, 0.717) is 12.5 Å². The van der Waals surface area contributed by atoms with E-state index < -0.39 is 11.9 Å². The molecule has 3 rings (SSSR count). The van der Waals surface area contributed by atoms with E-state index in [9.17, 15) is 13.2 Å². The zero-order valence-electron chi connectivity index (χ0n) is 11.9. The molecular formula is C16H16F3N3. The quantitative estimate of drug-likeness (QED) is 0.935. The minimum atomic E-state index is -4.44. The third-order valence-electron chi connectivity index (χ3n) is 3.92. The molecule has 3 nitrogen and oxygen atoms in total. The van der Waals surface area contributed by atoms with E-state index >= 15 is 0 Å². The average Bonchev–Trinajstić information content (AvgIpc) is 2.89. The van der Waals surface area contributed by atoms with E-state index in [1.54, 1.807) is 0 Å². The molecule has 2 aromatic rings. The first-order valence-electron chi connectivity index (χ1n) is 7.23. The minimum absolute atomic E-state index is 0.0327. The largest absolute Gasteiger partial charge is 0.433 e. The fourth-order valence-corrected chi connectivity index (χ4v) is 2.84. The molecule has 0 atom stereocenters. The van der Waals surface area contributed by atoms with E-state index in [1.165, 1.54) is 11.1 Å². The Morgan fingerprint density at radius 1 is 1.09 bits per heavy atom. The maximum atomic E-state index is 12.6. The number of halogens is 3. The van der Waals surface area contributed by atoms with Crippen molar-refractivity contribution in [2.24, 2.45) is 5.92 Å². The maximum Gasteiger partial charge on any atom is 0.433 e. The number of rotatable bonds is 4. The molecule has 1 heterocycles. The summed E-state index contributed by atoms with van der Waals surface area (Å²) < 4.78 is 37.7. The molecular weight excluding hydrogens is 291 g/mol. The Morgan fingerprint density at radius 3 is 2.41 bits per heavy atom. The normalized spacial score (nSPS) is 14.9. The van der Waals surface area contributed by atoms with Crippen LogP contribution in [0.5, 0.6) is 0 Å². The number of nitrogens with one attached hydrogen (secondary N) is 1. The van der Waals surface area contributed by atoms with E-state index in [1.807, 2.05) is 12.1 Å². The topological polar surface area (TPSA) is 37.8 Å². The second-order valence-electron chi connectivity index (χ2n) is 5.52. The Morgan fingerprint density at radius 2 is 1.77 bits per heavy atom. The summed E-state index contributed by atoms with van der Waals surface area (Å²) in [5.74, 6) is 0.557. The van der Waals surface area contributed by atoms with Crippen LogP contribution in [0.25, 0.3) is 0 Å². The van der Waals surface area contributed by atoms with Crippen LogP contribution in [0, 0.1) is 5.92 Å². The number of nitrogens with zero attached hydrogens (tertiary/aromatic N) is 2. The fourth-order valence-electron chi connectivity index (χ4n) is 2.84. The molecule has 6 heteroatoms. The lowest BCUT2D eigenvalue weighted by Crippen LogP contribution is -2.14. The molecule has 0 bridgehead atoms. The number of hydrogen-bond acceptors (Lipinski definition) is 3. The van der Waals surface area contributed by atoms with Gasteiger partial charge in [0.25, 0.3) is 0 Å². The summed E-state index contributed by atoms with van der Waals surface area (Å²) in [5.41, 5.74) is 1.84. The van der Waals surface area contributed by atoms with Crippen molar-refractivity contribution in [1.29, 1.82) is 0 Å². The molecule has 0 spiro atoms. The van der Waals surface area contributed by atoms with Crippen LogP contribution < -0.4 is 5.32 Å². The first kappa shape index (κ1) is 14.8. The predicted molar refractivity (Wildman–Crippen MR) is 77.5 cm³/mol. The van der Waals surface area contributed by atoms with E-state index in [4.69, 9.17) is 0 Å². The van der Waals surface area contributed by atoms with Crippen molar-refractivity contribution in [2.45, 2.75) is 25.4 Å². The van der Waals surface area contributed by atoms with Crippen LogP contribution in [0.15, 0.2) is 36.5 Å². The standard InChI is InChI=1S/C16H16F3N3/c17-16(18,19)14-6-8-21-15(22-14)20-7-5-11-9-12-3-1-2-4-13(12)10-11/h1-4,6,8,11H,5,7,9-10H2,(H,20,21,22). The lowest BCUT2D eigenvalue weighted by atomic mass is 10.0. The zero-order valence-corrected chi connectivity index (χ0v) is 11.9. The van der Waals surface area contributed by atoms with Crippen molar-refractivity contribution in [3.05, 3.63) is 53.3 Å². The molecule has 0 radical (unpaired) electrons. The molecule has 1 aromatic carbocycles. The molecule has 0 amide bonds. The van der Waals surface area contributed by atoms with Gasteiger partial charge in [0.15, 0.2) is 0 Å². The summed E-state index contributed by atoms with van der Waals surface area (Å²) in [4.78, 5) is 7.33. The third kappa shape index (κ3) is 3.37. The number of alkyl halides is 3. The van der Waals surface area contributed by atoms with Crippen molar-refractivity contribution >= 4 is 5.95 Å². The van der Waals surface area contributed by atoms with Gasteiger partial charge in [-0.05, 0) is 42.4 Å². The molecule has 0 saturated heterocycles. The van der Waals surface area contributed by atoms with Gasteiger partial charge >= 0.3 is 6.18 Å². The van der Waals surface area contributed by atoms with Gasteiger partial charge in [-0.1, -0.05) is 24.3 Å². The Balaban J connectivity index is 1.52. The van der Waals surface area contributed by atoms with Gasteiger partial charge in [0.2, 0.25) is 5.95 Å². The molecule has 0 fully saturated rings. The second kappa shape index (κ2) is 5.94. The maximum absolute atomic E-state index is 12.6. The number of anilines is 1. The fraction of sp³-hybridized carbons (Fsp3) is 0.375. The van der Waals surface area contributed by atoms with Crippen molar-refractivity contribution in [3.63, 3.8) is 0 Å². The van der Waals surface area contributed by atoms with E-state index in [0.717, 1.165) is 31.5 Å². The first-order chi connectivity index (χ1) is 10.5. The van der Waals surface area contributed by atoms with Crippen LogP contribution in [0.3, 0.4) is 0 Å². The van der Waals surface area contributed by atoms with Crippen molar-refractivity contribution in [1.82, 2.24) is 9.97 Å². The van der Waals surface area contributed by atoms with Gasteiger partial charge in [0, 0.05) is 12.7 Å². The number of aromatic nitrogens is 2. The molecule has 1 aromatic heterocycles. The smallest absolute Gasteiger partial charge is 0.354 e. The highest BCUT2D eigenvalue weighted by molar-refractivity contribution is 5.32. The second-order valence-corrected chi connectivity index (χ2v) is 5.52. The summed E-state index contributed by atoms with van der Waals surface area (Å²) >= 11 is 0. The van der Waals surface area contributed by atoms with Crippen molar-refractivity contribution in [2.75, 3.05) is 11.9 Å². The molecule has 1 aliphatic rings. The summed E-state index contributed by atoms with van der Waals surface area (Å²) in [6, 6.07) is 9.22. The SMILES string of the molecule is FC(F)(F)c1ccnc(NCCC2Cc3ccccc3C2)n1. The molecule has 22 heavy (non-hydrogen) atoms. The van der Waals surface area contributed by atoms with E-state index in [2.05, 4.69) is 27.4 Å². The van der Waals surface area contributed by atoms with Gasteiger partial charge in [-0.25, -0.2) is 9.97 Å². The van der Waals surface area contributed by atoms with Gasteiger partial charge in [0.05, 0.1) is 0 Å². The van der Waals surface area contributed by atoms with Crippen LogP contribution in [-0.2, 0) is 19.0 Å². The average molecular weight is 307 g/mol. The Hall–Kier alpha value is -2.11. The first-order valence-corrected chi connectivity index (χ1v) is 7.23. The molecule has 116 valence electrons. The Kier molecular flexibility index (Phi) is 4.00. The predicted octanol–water partition coefficient (Wildman–Crippen LogP) is 3.71. The van der Waals surface area contributed by atoms with Gasteiger partial charge in [-0.3, -0.25) is 0 Å². The van der Waals surface area contributed by atoms with Gasteiger partial charge < -0.3 is 5.32 Å². The Bertz CT molecular complexity index is 630.